The highest BCUT2D eigenvalue weighted by atomic mass is 31.2. The molecule has 2 N–H and O–H groups in total. The van der Waals surface area contributed by atoms with E-state index in [1.54, 1.807) is 0 Å². The van der Waals surface area contributed by atoms with Gasteiger partial charge in [-0.15, -0.1) is 0 Å². The Morgan fingerprint density at radius 1 is 1.33 bits per heavy atom. The van der Waals surface area contributed by atoms with E-state index in [1.807, 2.05) is 27.7 Å². The average molecular weight is 360 g/mol. The van der Waals surface area contributed by atoms with Crippen molar-refractivity contribution in [1.29, 1.82) is 0 Å². The van der Waals surface area contributed by atoms with Gasteiger partial charge in [-0.3, -0.25) is 23.8 Å². The van der Waals surface area contributed by atoms with Crippen LogP contribution in [0.4, 0.5) is 0 Å². The maximum absolute atomic E-state index is 12.1. The maximum Gasteiger partial charge on any atom is 0.233 e. The van der Waals surface area contributed by atoms with Crippen molar-refractivity contribution in [3.05, 3.63) is 0 Å². The largest absolute Gasteiger partial charge is 0.355 e. The van der Waals surface area contributed by atoms with Crippen molar-refractivity contribution in [3.8, 4) is 0 Å². The molecule has 0 spiro atoms. The zero-order valence-electron chi connectivity index (χ0n) is 14.9. The lowest BCUT2D eigenvalue weighted by atomic mass is 9.94. The Bertz CT molecular complexity index is 533. The number of carbonyl (C=O) groups is 3. The van der Waals surface area contributed by atoms with Crippen LogP contribution in [0.1, 0.15) is 40.5 Å². The fourth-order valence-corrected chi connectivity index (χ4v) is 4.58. The van der Waals surface area contributed by atoms with E-state index in [4.69, 9.17) is 0 Å². The number of nitrogens with one attached hydrogen (secondary N) is 1. The molecule has 1 aliphatic heterocycles. The molecule has 2 unspecified atom stereocenters. The number of amides is 3. The van der Waals surface area contributed by atoms with Crippen LogP contribution in [0.25, 0.3) is 0 Å². The third kappa shape index (κ3) is 6.36. The number of nitrogens with zero attached hydrogens (tertiary/aromatic N) is 1. The van der Waals surface area contributed by atoms with Crippen molar-refractivity contribution in [2.24, 2.45) is 17.8 Å². The van der Waals surface area contributed by atoms with Crippen molar-refractivity contribution < 1.29 is 23.8 Å². The van der Waals surface area contributed by atoms with Crippen LogP contribution in [-0.2, 0) is 18.9 Å². The number of carbonyl (C=O) groups excluding carboxylic acids is 3. The lowest BCUT2D eigenvalue weighted by Crippen LogP contribution is -2.36. The lowest BCUT2D eigenvalue weighted by Gasteiger charge is -2.17. The Labute approximate surface area is 143 Å². The normalized spacial score (nSPS) is 20.8. The molecule has 1 rings (SSSR count). The Balaban J connectivity index is 2.35. The van der Waals surface area contributed by atoms with E-state index in [0.29, 0.717) is 0 Å². The van der Waals surface area contributed by atoms with Gasteiger partial charge in [0.25, 0.3) is 0 Å². The first-order valence-electron chi connectivity index (χ1n) is 8.45. The molecule has 24 heavy (non-hydrogen) atoms. The van der Waals surface area contributed by atoms with Crippen LogP contribution in [0.2, 0.25) is 0 Å². The highest BCUT2D eigenvalue weighted by Gasteiger charge is 2.39. The molecule has 0 radical (unpaired) electrons. The lowest BCUT2D eigenvalue weighted by molar-refractivity contribution is -0.140. The van der Waals surface area contributed by atoms with Crippen molar-refractivity contribution in [2.45, 2.75) is 40.5 Å². The second kappa shape index (κ2) is 8.77. The van der Waals surface area contributed by atoms with Gasteiger partial charge in [0.2, 0.25) is 25.1 Å². The topological polar surface area (TPSA) is 104 Å². The molecule has 0 aromatic rings. The minimum Gasteiger partial charge on any atom is -0.355 e. The second-order valence-electron chi connectivity index (χ2n) is 7.18. The average Bonchev–Trinajstić information content (AvgIpc) is 2.70. The smallest absolute Gasteiger partial charge is 0.233 e. The molecule has 0 bridgehead atoms. The van der Waals surface area contributed by atoms with E-state index in [2.05, 4.69) is 5.32 Å². The minimum absolute atomic E-state index is 0.0161. The van der Waals surface area contributed by atoms with Crippen molar-refractivity contribution >= 4 is 25.1 Å². The third-order valence-electron chi connectivity index (χ3n) is 4.08. The zero-order chi connectivity index (χ0) is 18.5. The molecule has 138 valence electrons. The molecule has 8 heteroatoms. The van der Waals surface area contributed by atoms with Gasteiger partial charge in [-0.2, -0.15) is 0 Å². The predicted octanol–water partition coefficient (Wildman–Crippen LogP) is 1.45. The minimum atomic E-state index is -3.22. The van der Waals surface area contributed by atoms with E-state index in [-0.39, 0.29) is 73.7 Å². The molecule has 1 fully saturated rings. The molecule has 1 saturated heterocycles. The zero-order valence-corrected chi connectivity index (χ0v) is 15.8. The van der Waals surface area contributed by atoms with E-state index >= 15 is 0 Å². The van der Waals surface area contributed by atoms with Gasteiger partial charge in [0.05, 0.1) is 0 Å². The van der Waals surface area contributed by atoms with Crippen molar-refractivity contribution in [1.82, 2.24) is 10.2 Å². The van der Waals surface area contributed by atoms with Crippen LogP contribution < -0.4 is 5.32 Å². The monoisotopic (exact) mass is 360 g/mol. The number of imide groups is 1. The van der Waals surface area contributed by atoms with Crippen molar-refractivity contribution in [3.63, 3.8) is 0 Å². The van der Waals surface area contributed by atoms with Gasteiger partial charge in [-0.1, -0.05) is 27.7 Å². The van der Waals surface area contributed by atoms with E-state index in [9.17, 15) is 23.8 Å². The Morgan fingerprint density at radius 2 is 1.96 bits per heavy atom. The second-order valence-corrected chi connectivity index (χ2v) is 9.69. The van der Waals surface area contributed by atoms with Crippen LogP contribution in [0.15, 0.2) is 0 Å². The molecule has 0 aliphatic carbocycles. The predicted molar refractivity (Wildman–Crippen MR) is 91.7 cm³/mol. The summed E-state index contributed by atoms with van der Waals surface area (Å²) in [4.78, 5) is 46.7. The van der Waals surface area contributed by atoms with E-state index in [0.717, 1.165) is 4.90 Å². The van der Waals surface area contributed by atoms with Gasteiger partial charge in [-0.25, -0.2) is 0 Å². The van der Waals surface area contributed by atoms with E-state index < -0.39 is 7.37 Å². The number of likely N-dealkylation sites (tertiary alicyclic amines) is 1. The molecular formula is C16H29N2O5P. The fourth-order valence-electron chi connectivity index (χ4n) is 2.80. The molecule has 0 saturated carbocycles. The van der Waals surface area contributed by atoms with Gasteiger partial charge in [-0.05, 0) is 11.8 Å². The Hall–Kier alpha value is -1.20. The summed E-state index contributed by atoms with van der Waals surface area (Å²) in [5.74, 6) is -0.842. The highest BCUT2D eigenvalue weighted by Crippen LogP contribution is 2.41. The molecule has 3 amide bonds. The maximum atomic E-state index is 12.1. The first-order valence-corrected chi connectivity index (χ1v) is 10.5. The molecule has 2 atom stereocenters. The molecule has 1 aliphatic rings. The fraction of sp³-hybridized carbons (Fsp3) is 0.812. The van der Waals surface area contributed by atoms with Gasteiger partial charge >= 0.3 is 0 Å². The summed E-state index contributed by atoms with van der Waals surface area (Å²) < 4.78 is 11.9. The Kier molecular flexibility index (Phi) is 7.61. The van der Waals surface area contributed by atoms with Crippen LogP contribution in [0.5, 0.6) is 0 Å². The highest BCUT2D eigenvalue weighted by molar-refractivity contribution is 7.58. The van der Waals surface area contributed by atoms with Gasteiger partial charge in [0.1, 0.15) is 0 Å². The molecule has 0 aromatic carbocycles. The quantitative estimate of drug-likeness (QED) is 0.478. The Morgan fingerprint density at radius 3 is 2.46 bits per heavy atom. The summed E-state index contributed by atoms with van der Waals surface area (Å²) in [6.45, 7) is 7.73. The van der Waals surface area contributed by atoms with Crippen LogP contribution in [-0.4, -0.2) is 52.9 Å². The summed E-state index contributed by atoms with van der Waals surface area (Å²) in [7, 11) is -3.22. The third-order valence-corrected chi connectivity index (χ3v) is 6.30. The van der Waals surface area contributed by atoms with Crippen LogP contribution in [0.3, 0.4) is 0 Å². The summed E-state index contributed by atoms with van der Waals surface area (Å²) in [6, 6.07) is 0. The first-order chi connectivity index (χ1) is 11.0. The standard InChI is InChI=1S/C16H29N2O5P/c1-11(2)10-24(22,23)8-6-17-14(19)5-7-18-15(20)9-13(12(3)4)16(18)21/h11-13H,5-10H2,1-4H3,(H,17,19)(H,22,23). The summed E-state index contributed by atoms with van der Waals surface area (Å²) in [5, 5.41) is 2.58. The van der Waals surface area contributed by atoms with E-state index in [1.165, 1.54) is 0 Å². The molecule has 0 aromatic heterocycles. The van der Waals surface area contributed by atoms with Gasteiger partial charge < -0.3 is 10.2 Å². The summed E-state index contributed by atoms with van der Waals surface area (Å²) in [5.41, 5.74) is 0. The van der Waals surface area contributed by atoms with Crippen LogP contribution in [0, 0.1) is 17.8 Å². The number of hydrogen-bond acceptors (Lipinski definition) is 4. The number of rotatable bonds is 9. The number of hydrogen-bond donors (Lipinski definition) is 2. The first kappa shape index (κ1) is 20.8. The van der Waals surface area contributed by atoms with Crippen LogP contribution >= 0.6 is 7.37 Å². The van der Waals surface area contributed by atoms with Crippen molar-refractivity contribution in [2.75, 3.05) is 25.4 Å². The molecule has 7 nitrogen and oxygen atoms in total. The van der Waals surface area contributed by atoms with Gasteiger partial charge in [0.15, 0.2) is 0 Å². The molecular weight excluding hydrogens is 331 g/mol. The molecule has 1 heterocycles. The van der Waals surface area contributed by atoms with Gasteiger partial charge in [0, 0.05) is 44.2 Å². The summed E-state index contributed by atoms with van der Waals surface area (Å²) >= 11 is 0. The SMILES string of the molecule is CC(C)CP(=O)(O)CCNC(=O)CCN1C(=O)CC(C(C)C)C1=O. The summed E-state index contributed by atoms with van der Waals surface area (Å²) in [6.07, 6.45) is 0.493.